The molecule has 0 spiro atoms. The molecule has 28 heavy (non-hydrogen) atoms. The van der Waals surface area contributed by atoms with Crippen LogP contribution in [-0.4, -0.2) is 29.5 Å². The lowest BCUT2D eigenvalue weighted by molar-refractivity contribution is 0.00578. The smallest absolute Gasteiger partial charge is 0.492 e. The van der Waals surface area contributed by atoms with Gasteiger partial charge >= 0.3 is 7.12 Å². The van der Waals surface area contributed by atoms with Crippen molar-refractivity contribution in [2.45, 2.75) is 77.5 Å². The van der Waals surface area contributed by atoms with Gasteiger partial charge in [-0.15, -0.1) is 0 Å². The van der Waals surface area contributed by atoms with Gasteiger partial charge in [0.05, 0.1) is 29.4 Å². The maximum absolute atomic E-state index is 13.3. The summed E-state index contributed by atoms with van der Waals surface area (Å²) in [7, 11) is -0.482. The van der Waals surface area contributed by atoms with Crippen molar-refractivity contribution in [1.29, 1.82) is 0 Å². The molecule has 0 radical (unpaired) electrons. The van der Waals surface area contributed by atoms with E-state index >= 15 is 0 Å². The third-order valence-corrected chi connectivity index (χ3v) is 6.57. The van der Waals surface area contributed by atoms with Crippen molar-refractivity contribution in [2.24, 2.45) is 0 Å². The summed E-state index contributed by atoms with van der Waals surface area (Å²) in [5.74, 6) is 0.768. The van der Waals surface area contributed by atoms with E-state index in [4.69, 9.17) is 14.0 Å². The van der Waals surface area contributed by atoms with Gasteiger partial charge < -0.3 is 18.6 Å². The van der Waals surface area contributed by atoms with Crippen molar-refractivity contribution >= 4 is 23.4 Å². The summed E-state index contributed by atoms with van der Waals surface area (Å²) in [6.07, 6.45) is 6.35. The minimum absolute atomic E-state index is 0.0451. The fraction of sp³-hybridized carbons (Fsp3) is 0.591. The van der Waals surface area contributed by atoms with Crippen LogP contribution in [0.25, 0.3) is 10.8 Å². The van der Waals surface area contributed by atoms with E-state index in [1.165, 1.54) is 12.8 Å². The van der Waals surface area contributed by atoms with Crippen molar-refractivity contribution in [3.8, 4) is 5.75 Å². The highest BCUT2D eigenvalue weighted by atomic mass is 16.7. The van der Waals surface area contributed by atoms with Gasteiger partial charge in [-0.3, -0.25) is 4.79 Å². The molecule has 2 aliphatic rings. The fourth-order valence-electron chi connectivity index (χ4n) is 4.20. The molecule has 6 heteroatoms. The van der Waals surface area contributed by atoms with Crippen molar-refractivity contribution in [2.75, 3.05) is 6.61 Å². The van der Waals surface area contributed by atoms with E-state index in [1.807, 2.05) is 63.6 Å². The second kappa shape index (κ2) is 6.92. The third kappa shape index (κ3) is 3.16. The first-order chi connectivity index (χ1) is 13.2. The maximum Gasteiger partial charge on any atom is 0.494 e. The van der Waals surface area contributed by atoms with Gasteiger partial charge in [-0.2, -0.15) is 0 Å². The van der Waals surface area contributed by atoms with Crippen LogP contribution in [0, 0.1) is 0 Å². The average molecular weight is 383 g/mol. The van der Waals surface area contributed by atoms with Crippen LogP contribution >= 0.6 is 0 Å². The van der Waals surface area contributed by atoms with E-state index in [0.29, 0.717) is 12.0 Å². The Morgan fingerprint density at radius 3 is 2.36 bits per heavy atom. The standard InChI is InChI=1S/C22H30BNO4/c1-6-26-19-14-24(16-9-7-8-10-16)20(25)18-13-15(11-12-17(18)19)23-27-21(2,3)22(4,5)28-23/h11-14,16H,6-10H2,1-5H3. The molecule has 0 amide bonds. The predicted octanol–water partition coefficient (Wildman–Crippen LogP) is 3.81. The topological polar surface area (TPSA) is 49.7 Å². The van der Waals surface area contributed by atoms with Gasteiger partial charge in [0.15, 0.2) is 0 Å². The number of pyridine rings is 1. The number of hydrogen-bond acceptors (Lipinski definition) is 4. The Balaban J connectivity index is 1.82. The van der Waals surface area contributed by atoms with Crippen LogP contribution in [0.1, 0.15) is 66.3 Å². The van der Waals surface area contributed by atoms with Crippen LogP contribution in [0.3, 0.4) is 0 Å². The van der Waals surface area contributed by atoms with E-state index in [0.717, 1.165) is 29.4 Å². The molecule has 0 atom stereocenters. The quantitative estimate of drug-likeness (QED) is 0.754. The van der Waals surface area contributed by atoms with Crippen molar-refractivity contribution in [3.63, 3.8) is 0 Å². The molecule has 4 rings (SSSR count). The van der Waals surface area contributed by atoms with Crippen LogP contribution in [0.5, 0.6) is 5.75 Å². The fourth-order valence-corrected chi connectivity index (χ4v) is 4.20. The zero-order valence-electron chi connectivity index (χ0n) is 17.6. The van der Waals surface area contributed by atoms with Gasteiger partial charge in [0.25, 0.3) is 5.56 Å². The molecule has 0 bridgehead atoms. The SMILES string of the molecule is CCOc1cn(C2CCCC2)c(=O)c2cc(B3OC(C)(C)C(C)(C)O3)ccc12. The molecule has 2 fully saturated rings. The van der Waals surface area contributed by atoms with E-state index in [-0.39, 0.29) is 11.6 Å². The summed E-state index contributed by atoms with van der Waals surface area (Å²) < 4.78 is 20.1. The van der Waals surface area contributed by atoms with Crippen molar-refractivity contribution in [3.05, 3.63) is 34.7 Å². The lowest BCUT2D eigenvalue weighted by Gasteiger charge is -2.32. The number of ether oxygens (including phenoxy) is 1. The molecular formula is C22H30BNO4. The van der Waals surface area contributed by atoms with Gasteiger partial charge in [0.2, 0.25) is 0 Å². The number of aromatic nitrogens is 1. The largest absolute Gasteiger partial charge is 0.494 e. The molecule has 1 aliphatic carbocycles. The average Bonchev–Trinajstić information content (AvgIpc) is 3.23. The first kappa shape index (κ1) is 19.5. The minimum atomic E-state index is -0.482. The number of nitrogens with zero attached hydrogens (tertiary/aromatic N) is 1. The zero-order chi connectivity index (χ0) is 20.1. The molecule has 0 unspecified atom stereocenters. The van der Waals surface area contributed by atoms with Gasteiger partial charge in [-0.25, -0.2) is 0 Å². The predicted molar refractivity (Wildman–Crippen MR) is 113 cm³/mol. The molecule has 1 saturated carbocycles. The number of rotatable bonds is 4. The van der Waals surface area contributed by atoms with Crippen molar-refractivity contribution < 1.29 is 14.0 Å². The second-order valence-electron chi connectivity index (χ2n) is 8.97. The Bertz CT molecular complexity index is 927. The Morgan fingerprint density at radius 2 is 1.75 bits per heavy atom. The molecule has 1 aromatic carbocycles. The zero-order valence-corrected chi connectivity index (χ0v) is 17.6. The first-order valence-electron chi connectivity index (χ1n) is 10.4. The molecule has 1 saturated heterocycles. The van der Waals surface area contributed by atoms with E-state index in [2.05, 4.69) is 0 Å². The summed E-state index contributed by atoms with van der Waals surface area (Å²) in [5.41, 5.74) is 0.0897. The van der Waals surface area contributed by atoms with Crippen LogP contribution in [0.2, 0.25) is 0 Å². The van der Waals surface area contributed by atoms with Crippen LogP contribution in [-0.2, 0) is 9.31 Å². The Morgan fingerprint density at radius 1 is 1.11 bits per heavy atom. The van der Waals surface area contributed by atoms with E-state index in [9.17, 15) is 4.79 Å². The lowest BCUT2D eigenvalue weighted by atomic mass is 9.78. The molecule has 1 aromatic heterocycles. The van der Waals surface area contributed by atoms with Crippen LogP contribution in [0.4, 0.5) is 0 Å². The van der Waals surface area contributed by atoms with Gasteiger partial charge in [-0.05, 0) is 59.0 Å². The van der Waals surface area contributed by atoms with Crippen molar-refractivity contribution in [1.82, 2.24) is 4.57 Å². The number of benzene rings is 1. The molecule has 0 N–H and O–H groups in total. The second-order valence-corrected chi connectivity index (χ2v) is 8.97. The summed E-state index contributed by atoms with van der Waals surface area (Å²) in [4.78, 5) is 13.3. The number of hydrogen-bond donors (Lipinski definition) is 0. The molecule has 2 heterocycles. The van der Waals surface area contributed by atoms with E-state index in [1.54, 1.807) is 0 Å². The first-order valence-corrected chi connectivity index (χ1v) is 10.4. The highest BCUT2D eigenvalue weighted by Gasteiger charge is 2.51. The summed E-state index contributed by atoms with van der Waals surface area (Å²) in [5, 5.41) is 1.52. The molecule has 5 nitrogen and oxygen atoms in total. The van der Waals surface area contributed by atoms with Crippen LogP contribution < -0.4 is 15.8 Å². The summed E-state index contributed by atoms with van der Waals surface area (Å²) in [6.45, 7) is 10.7. The van der Waals surface area contributed by atoms with Gasteiger partial charge in [0, 0.05) is 11.4 Å². The van der Waals surface area contributed by atoms with E-state index < -0.39 is 18.3 Å². The Kier molecular flexibility index (Phi) is 4.83. The summed E-state index contributed by atoms with van der Waals surface area (Å²) in [6, 6.07) is 6.12. The summed E-state index contributed by atoms with van der Waals surface area (Å²) >= 11 is 0. The Labute approximate surface area is 167 Å². The highest BCUT2D eigenvalue weighted by molar-refractivity contribution is 6.62. The normalized spacial score (nSPS) is 21.5. The lowest BCUT2D eigenvalue weighted by Crippen LogP contribution is -2.41. The molecule has 1 aliphatic heterocycles. The molecule has 2 aromatic rings. The minimum Gasteiger partial charge on any atom is -0.492 e. The number of fused-ring (bicyclic) bond motifs is 1. The van der Waals surface area contributed by atoms with Gasteiger partial charge in [0.1, 0.15) is 5.75 Å². The Hall–Kier alpha value is -1.79. The maximum atomic E-state index is 13.3. The van der Waals surface area contributed by atoms with Gasteiger partial charge in [-0.1, -0.05) is 25.0 Å². The monoisotopic (exact) mass is 383 g/mol. The highest BCUT2D eigenvalue weighted by Crippen LogP contribution is 2.37. The molecular weight excluding hydrogens is 353 g/mol. The third-order valence-electron chi connectivity index (χ3n) is 6.57. The van der Waals surface area contributed by atoms with Crippen LogP contribution in [0.15, 0.2) is 29.2 Å². The molecule has 150 valence electrons.